The zero-order valence-electron chi connectivity index (χ0n) is 16.7. The number of carbonyl (C=O) groups is 1. The minimum atomic E-state index is -4.40. The molecule has 4 aromatic heterocycles. The van der Waals surface area contributed by atoms with Gasteiger partial charge in [0, 0.05) is 48.4 Å². The summed E-state index contributed by atoms with van der Waals surface area (Å²) in [4.78, 5) is 23.5. The predicted octanol–water partition coefficient (Wildman–Crippen LogP) is 3.77. The van der Waals surface area contributed by atoms with Crippen LogP contribution in [0.25, 0.3) is 27.7 Å². The van der Waals surface area contributed by atoms with E-state index in [0.717, 1.165) is 0 Å². The topological polar surface area (TPSA) is 100 Å². The molecule has 172 valence electrons. The van der Waals surface area contributed by atoms with E-state index in [9.17, 15) is 26.7 Å². The highest BCUT2D eigenvalue weighted by Gasteiger charge is 2.46. The van der Waals surface area contributed by atoms with Gasteiger partial charge in [-0.05, 0) is 17.7 Å². The highest BCUT2D eigenvalue weighted by Crippen LogP contribution is 2.37. The van der Waals surface area contributed by atoms with Gasteiger partial charge in [-0.1, -0.05) is 0 Å². The van der Waals surface area contributed by atoms with Crippen LogP contribution in [0.3, 0.4) is 0 Å². The monoisotopic (exact) mass is 465 g/mol. The van der Waals surface area contributed by atoms with Crippen LogP contribution in [0.5, 0.6) is 0 Å². The normalized spacial score (nSPS) is 16.2. The number of carbonyl (C=O) groups excluding carboxylic acids is 1. The van der Waals surface area contributed by atoms with E-state index in [1.54, 1.807) is 24.5 Å². The third-order valence-electron chi connectivity index (χ3n) is 5.38. The third-order valence-corrected chi connectivity index (χ3v) is 5.38. The molecule has 0 aliphatic heterocycles. The van der Waals surface area contributed by atoms with E-state index in [1.165, 1.54) is 16.9 Å². The third kappa shape index (κ3) is 4.17. The minimum Gasteiger partial charge on any atom is -0.349 e. The molecule has 4 heterocycles. The SMILES string of the molecule is O=C(NC1CC(F)(F)C1)c1cnn2ccc(-c3c[nH]c4nc(NCC(F)(F)F)ncc34)cc12. The number of fused-ring (bicyclic) bond motifs is 2. The number of H-pyrrole nitrogens is 1. The number of aromatic nitrogens is 5. The number of aromatic amines is 1. The molecule has 0 atom stereocenters. The molecule has 1 saturated carbocycles. The summed E-state index contributed by atoms with van der Waals surface area (Å²) < 4.78 is 64.8. The maximum atomic E-state index is 13.1. The lowest BCUT2D eigenvalue weighted by Gasteiger charge is -2.35. The Hall–Kier alpha value is -3.77. The second-order valence-corrected chi connectivity index (χ2v) is 7.87. The van der Waals surface area contributed by atoms with Crippen molar-refractivity contribution in [2.45, 2.75) is 31.0 Å². The van der Waals surface area contributed by atoms with Gasteiger partial charge >= 0.3 is 6.18 Å². The molecule has 1 fully saturated rings. The van der Waals surface area contributed by atoms with Crippen LogP contribution in [-0.2, 0) is 0 Å². The number of anilines is 1. The molecule has 13 heteroatoms. The lowest BCUT2D eigenvalue weighted by atomic mass is 9.88. The fourth-order valence-corrected chi connectivity index (χ4v) is 3.76. The Labute approximate surface area is 182 Å². The molecule has 0 unspecified atom stereocenters. The minimum absolute atomic E-state index is 0.167. The van der Waals surface area contributed by atoms with Gasteiger partial charge in [0.25, 0.3) is 11.8 Å². The number of hydrogen-bond donors (Lipinski definition) is 3. The molecule has 0 radical (unpaired) electrons. The van der Waals surface area contributed by atoms with Crippen LogP contribution < -0.4 is 10.6 Å². The molecular weight excluding hydrogens is 449 g/mol. The van der Waals surface area contributed by atoms with Crippen molar-refractivity contribution in [1.82, 2.24) is 29.9 Å². The second kappa shape index (κ2) is 7.39. The Kier molecular flexibility index (Phi) is 4.72. The first-order valence-electron chi connectivity index (χ1n) is 9.89. The van der Waals surface area contributed by atoms with E-state index in [1.807, 2.05) is 0 Å². The average Bonchev–Trinajstić information content (AvgIpc) is 3.33. The van der Waals surface area contributed by atoms with Crippen LogP contribution in [0.4, 0.5) is 27.9 Å². The van der Waals surface area contributed by atoms with E-state index >= 15 is 0 Å². The Morgan fingerprint density at radius 1 is 1.27 bits per heavy atom. The Balaban J connectivity index is 1.42. The van der Waals surface area contributed by atoms with E-state index in [-0.39, 0.29) is 11.5 Å². The van der Waals surface area contributed by atoms with Crippen molar-refractivity contribution in [2.24, 2.45) is 0 Å². The van der Waals surface area contributed by atoms with Crippen molar-refractivity contribution in [3.05, 3.63) is 42.5 Å². The van der Waals surface area contributed by atoms with Gasteiger partial charge in [0.1, 0.15) is 12.2 Å². The van der Waals surface area contributed by atoms with Crippen LogP contribution in [0.15, 0.2) is 36.9 Å². The average molecular weight is 465 g/mol. The van der Waals surface area contributed by atoms with E-state index in [0.29, 0.717) is 27.7 Å². The Bertz CT molecular complexity index is 1350. The van der Waals surface area contributed by atoms with Crippen LogP contribution in [0.1, 0.15) is 23.2 Å². The Morgan fingerprint density at radius 2 is 2.06 bits per heavy atom. The summed E-state index contributed by atoms with van der Waals surface area (Å²) in [6.07, 6.45) is 0.850. The predicted molar refractivity (Wildman–Crippen MR) is 108 cm³/mol. The van der Waals surface area contributed by atoms with Gasteiger partial charge in [-0.2, -0.15) is 23.3 Å². The first-order chi connectivity index (χ1) is 15.6. The lowest BCUT2D eigenvalue weighted by molar-refractivity contribution is -0.115. The molecule has 1 amide bonds. The molecule has 4 aromatic rings. The number of amides is 1. The number of nitrogens with zero attached hydrogens (tertiary/aromatic N) is 4. The second-order valence-electron chi connectivity index (χ2n) is 7.87. The summed E-state index contributed by atoms with van der Waals surface area (Å²) >= 11 is 0. The van der Waals surface area contributed by atoms with Gasteiger partial charge < -0.3 is 15.6 Å². The van der Waals surface area contributed by atoms with Crippen molar-refractivity contribution in [1.29, 1.82) is 0 Å². The van der Waals surface area contributed by atoms with Crippen LogP contribution >= 0.6 is 0 Å². The number of alkyl halides is 5. The first kappa shape index (κ1) is 21.1. The largest absolute Gasteiger partial charge is 0.405 e. The van der Waals surface area contributed by atoms with E-state index in [2.05, 4.69) is 30.7 Å². The fraction of sp³-hybridized carbons (Fsp3) is 0.300. The van der Waals surface area contributed by atoms with Gasteiger partial charge in [0.2, 0.25) is 5.95 Å². The molecule has 8 nitrogen and oxygen atoms in total. The number of pyridine rings is 1. The zero-order chi connectivity index (χ0) is 23.4. The summed E-state index contributed by atoms with van der Waals surface area (Å²) in [7, 11) is 0. The molecule has 0 spiro atoms. The standard InChI is InChI=1S/C20H16F5N7O/c21-19(22)4-11(5-19)30-17(33)14-8-29-32-2-1-10(3-15(14)32)12-6-26-16-13(12)7-27-18(31-16)28-9-20(23,24)25/h1-3,6-8,11H,4-5,9H2,(H,30,33)(H2,26,27,28,31). The number of nitrogens with one attached hydrogen (secondary N) is 3. The van der Waals surface area contributed by atoms with Gasteiger partial charge in [-0.25, -0.2) is 18.3 Å². The number of rotatable bonds is 5. The maximum absolute atomic E-state index is 13.1. The van der Waals surface area contributed by atoms with Crippen molar-refractivity contribution in [2.75, 3.05) is 11.9 Å². The zero-order valence-corrected chi connectivity index (χ0v) is 16.7. The van der Waals surface area contributed by atoms with Gasteiger partial charge in [-0.3, -0.25) is 4.79 Å². The lowest BCUT2D eigenvalue weighted by Crippen LogP contribution is -2.50. The van der Waals surface area contributed by atoms with Gasteiger partial charge in [0.15, 0.2) is 0 Å². The number of hydrogen-bond acceptors (Lipinski definition) is 5. The van der Waals surface area contributed by atoms with E-state index < -0.39 is 43.4 Å². The summed E-state index contributed by atoms with van der Waals surface area (Å²) in [5, 5.41) is 9.42. The summed E-state index contributed by atoms with van der Waals surface area (Å²) in [6, 6.07) is 2.86. The van der Waals surface area contributed by atoms with Gasteiger partial charge in [0.05, 0.1) is 17.3 Å². The van der Waals surface area contributed by atoms with Crippen LogP contribution in [0.2, 0.25) is 0 Å². The van der Waals surface area contributed by atoms with Gasteiger partial charge in [-0.15, -0.1) is 0 Å². The molecule has 5 rings (SSSR count). The van der Waals surface area contributed by atoms with Crippen molar-refractivity contribution < 1.29 is 26.7 Å². The fourth-order valence-electron chi connectivity index (χ4n) is 3.76. The molecular formula is C20H16F5N7O. The van der Waals surface area contributed by atoms with E-state index in [4.69, 9.17) is 0 Å². The maximum Gasteiger partial charge on any atom is 0.405 e. The highest BCUT2D eigenvalue weighted by molar-refractivity contribution is 6.02. The molecule has 1 aliphatic rings. The first-order valence-corrected chi connectivity index (χ1v) is 9.89. The van der Waals surface area contributed by atoms with Crippen LogP contribution in [0, 0.1) is 0 Å². The molecule has 33 heavy (non-hydrogen) atoms. The molecule has 0 saturated heterocycles. The van der Waals surface area contributed by atoms with Crippen molar-refractivity contribution in [3.8, 4) is 11.1 Å². The molecule has 0 bridgehead atoms. The molecule has 1 aliphatic carbocycles. The highest BCUT2D eigenvalue weighted by atomic mass is 19.4. The summed E-state index contributed by atoms with van der Waals surface area (Å²) in [5.41, 5.74) is 2.39. The van der Waals surface area contributed by atoms with Crippen molar-refractivity contribution >= 4 is 28.4 Å². The smallest absolute Gasteiger partial charge is 0.349 e. The Morgan fingerprint density at radius 3 is 2.79 bits per heavy atom. The van der Waals surface area contributed by atoms with Crippen LogP contribution in [-0.4, -0.2) is 55.2 Å². The van der Waals surface area contributed by atoms with Crippen molar-refractivity contribution in [3.63, 3.8) is 0 Å². The summed E-state index contributed by atoms with van der Waals surface area (Å²) in [5.74, 6) is -3.41. The molecule has 0 aromatic carbocycles. The summed E-state index contributed by atoms with van der Waals surface area (Å²) in [6.45, 7) is -1.26. The quantitative estimate of drug-likeness (QED) is 0.390. The molecule has 3 N–H and O–H groups in total. The number of halogens is 5.